The van der Waals surface area contributed by atoms with Crippen LogP contribution in [0.4, 0.5) is 13.2 Å². The number of methoxy groups -OCH3 is 1. The molecular weight excluding hydrogens is 329 g/mol. The molecule has 0 saturated heterocycles. The highest BCUT2D eigenvalue weighted by atomic mass is 79.9. The summed E-state index contributed by atoms with van der Waals surface area (Å²) in [6.45, 7) is 0. The van der Waals surface area contributed by atoms with Gasteiger partial charge in [0.1, 0.15) is 5.75 Å². The Bertz CT molecular complexity index is 512. The third-order valence-corrected chi connectivity index (χ3v) is 3.21. The SMILES string of the molecule is COc1ccc(OS(=O)(=O)C(F)(F)F)c(Br)c1. The molecule has 1 aromatic rings. The number of benzene rings is 1. The summed E-state index contributed by atoms with van der Waals surface area (Å²) in [5, 5.41) is 0. The maximum atomic E-state index is 12.0. The molecule has 0 aromatic heterocycles. The molecule has 4 nitrogen and oxygen atoms in total. The molecule has 17 heavy (non-hydrogen) atoms. The second-order valence-corrected chi connectivity index (χ2v) is 5.17. The van der Waals surface area contributed by atoms with Gasteiger partial charge in [-0.3, -0.25) is 0 Å². The highest BCUT2D eigenvalue weighted by Crippen LogP contribution is 2.33. The van der Waals surface area contributed by atoms with Gasteiger partial charge in [0.25, 0.3) is 0 Å². The predicted octanol–water partition coefficient (Wildman–Crippen LogP) is 2.69. The summed E-state index contributed by atoms with van der Waals surface area (Å²) >= 11 is 2.87. The van der Waals surface area contributed by atoms with Crippen molar-refractivity contribution >= 4 is 26.0 Å². The highest BCUT2D eigenvalue weighted by Gasteiger charge is 2.48. The zero-order chi connectivity index (χ0) is 13.3. The summed E-state index contributed by atoms with van der Waals surface area (Å²) in [5.41, 5.74) is -5.47. The maximum Gasteiger partial charge on any atom is 0.534 e. The molecule has 0 amide bonds. The molecule has 0 fully saturated rings. The van der Waals surface area contributed by atoms with Crippen molar-refractivity contribution in [3.63, 3.8) is 0 Å². The number of hydrogen-bond acceptors (Lipinski definition) is 4. The molecule has 0 spiro atoms. The van der Waals surface area contributed by atoms with Crippen LogP contribution in [0.2, 0.25) is 0 Å². The number of ether oxygens (including phenoxy) is 1. The van der Waals surface area contributed by atoms with Gasteiger partial charge in [0.2, 0.25) is 0 Å². The second-order valence-electron chi connectivity index (χ2n) is 2.78. The van der Waals surface area contributed by atoms with E-state index in [0.29, 0.717) is 5.75 Å². The minimum atomic E-state index is -5.66. The third-order valence-electron chi connectivity index (χ3n) is 1.62. The average molecular weight is 335 g/mol. The lowest BCUT2D eigenvalue weighted by molar-refractivity contribution is -0.0500. The van der Waals surface area contributed by atoms with E-state index >= 15 is 0 Å². The molecule has 1 aromatic carbocycles. The van der Waals surface area contributed by atoms with Crippen LogP contribution in [-0.2, 0) is 10.1 Å². The lowest BCUT2D eigenvalue weighted by atomic mass is 10.3. The minimum absolute atomic E-state index is 0.0321. The Morgan fingerprint density at radius 1 is 1.29 bits per heavy atom. The third kappa shape index (κ3) is 3.25. The molecule has 0 aliphatic heterocycles. The van der Waals surface area contributed by atoms with E-state index in [9.17, 15) is 21.6 Å². The van der Waals surface area contributed by atoms with Crippen molar-refractivity contribution in [3.05, 3.63) is 22.7 Å². The Hall–Kier alpha value is -0.960. The summed E-state index contributed by atoms with van der Waals surface area (Å²) in [4.78, 5) is 0. The lowest BCUT2D eigenvalue weighted by Gasteiger charge is -2.11. The minimum Gasteiger partial charge on any atom is -0.497 e. The molecule has 0 radical (unpaired) electrons. The second kappa shape index (κ2) is 4.73. The molecule has 0 aliphatic carbocycles. The lowest BCUT2D eigenvalue weighted by Crippen LogP contribution is -2.28. The van der Waals surface area contributed by atoms with E-state index in [0.717, 1.165) is 6.07 Å². The van der Waals surface area contributed by atoms with E-state index in [1.807, 2.05) is 0 Å². The van der Waals surface area contributed by atoms with Crippen LogP contribution in [0.5, 0.6) is 11.5 Å². The Morgan fingerprint density at radius 2 is 1.88 bits per heavy atom. The predicted molar refractivity (Wildman–Crippen MR) is 56.3 cm³/mol. The first-order valence-corrected chi connectivity index (χ1v) is 6.22. The topological polar surface area (TPSA) is 52.6 Å². The average Bonchev–Trinajstić information content (AvgIpc) is 2.19. The Labute approximate surface area is 104 Å². The summed E-state index contributed by atoms with van der Waals surface area (Å²) in [6, 6.07) is 3.60. The first-order chi connectivity index (χ1) is 7.67. The molecule has 0 heterocycles. The number of hydrogen-bond donors (Lipinski definition) is 0. The van der Waals surface area contributed by atoms with Crippen LogP contribution in [0.25, 0.3) is 0 Å². The summed E-state index contributed by atoms with van der Waals surface area (Å²) < 4.78 is 66.4. The molecule has 0 atom stereocenters. The van der Waals surface area contributed by atoms with Gasteiger partial charge < -0.3 is 8.92 Å². The standard InChI is InChI=1S/C8H6BrF3O4S/c1-15-5-2-3-7(6(9)4-5)16-17(13,14)8(10,11)12/h2-4H,1H3. The maximum absolute atomic E-state index is 12.0. The summed E-state index contributed by atoms with van der Waals surface area (Å²) in [5.74, 6) is -0.128. The van der Waals surface area contributed by atoms with E-state index in [4.69, 9.17) is 4.74 Å². The van der Waals surface area contributed by atoms with Crippen molar-refractivity contribution in [2.75, 3.05) is 7.11 Å². The largest absolute Gasteiger partial charge is 0.534 e. The molecule has 0 saturated carbocycles. The van der Waals surface area contributed by atoms with Gasteiger partial charge in [-0.2, -0.15) is 21.6 Å². The van der Waals surface area contributed by atoms with Crippen LogP contribution in [0.1, 0.15) is 0 Å². The van der Waals surface area contributed by atoms with Gasteiger partial charge in [0.05, 0.1) is 11.6 Å². The van der Waals surface area contributed by atoms with Gasteiger partial charge in [-0.1, -0.05) is 0 Å². The van der Waals surface area contributed by atoms with Crippen molar-refractivity contribution < 1.29 is 30.5 Å². The van der Waals surface area contributed by atoms with Gasteiger partial charge in [-0.15, -0.1) is 0 Å². The fraction of sp³-hybridized carbons (Fsp3) is 0.250. The van der Waals surface area contributed by atoms with E-state index in [2.05, 4.69) is 20.1 Å². The van der Waals surface area contributed by atoms with Crippen LogP contribution < -0.4 is 8.92 Å². The van der Waals surface area contributed by atoms with Crippen molar-refractivity contribution in [2.24, 2.45) is 0 Å². The van der Waals surface area contributed by atoms with Crippen LogP contribution in [-0.4, -0.2) is 21.0 Å². The van der Waals surface area contributed by atoms with E-state index in [1.54, 1.807) is 0 Å². The molecule has 0 aliphatic rings. The summed E-state index contributed by atoms with van der Waals surface area (Å²) in [6.07, 6.45) is 0. The first kappa shape index (κ1) is 14.1. The van der Waals surface area contributed by atoms with Gasteiger partial charge in [-0.05, 0) is 34.1 Å². The normalized spacial score (nSPS) is 12.3. The molecular formula is C8H6BrF3O4S. The number of rotatable bonds is 3. The van der Waals surface area contributed by atoms with Crippen LogP contribution >= 0.6 is 15.9 Å². The Balaban J connectivity index is 3.05. The van der Waals surface area contributed by atoms with Crippen molar-refractivity contribution in [1.82, 2.24) is 0 Å². The van der Waals surface area contributed by atoms with Crippen LogP contribution in [0.15, 0.2) is 22.7 Å². The number of halogens is 4. The zero-order valence-corrected chi connectivity index (χ0v) is 10.7. The molecule has 96 valence electrons. The van der Waals surface area contributed by atoms with Crippen LogP contribution in [0, 0.1) is 0 Å². The fourth-order valence-corrected chi connectivity index (χ4v) is 1.86. The quantitative estimate of drug-likeness (QED) is 0.630. The van der Waals surface area contributed by atoms with Gasteiger partial charge in [0.15, 0.2) is 5.75 Å². The molecule has 9 heteroatoms. The van der Waals surface area contributed by atoms with Crippen molar-refractivity contribution in [2.45, 2.75) is 5.51 Å². The zero-order valence-electron chi connectivity index (χ0n) is 8.29. The molecule has 0 unspecified atom stereocenters. The van der Waals surface area contributed by atoms with E-state index in [-0.39, 0.29) is 4.47 Å². The number of alkyl halides is 3. The smallest absolute Gasteiger partial charge is 0.497 e. The van der Waals surface area contributed by atoms with Crippen LogP contribution in [0.3, 0.4) is 0 Å². The van der Waals surface area contributed by atoms with Crippen molar-refractivity contribution in [3.8, 4) is 11.5 Å². The molecule has 0 N–H and O–H groups in total. The fourth-order valence-electron chi connectivity index (χ4n) is 0.842. The highest BCUT2D eigenvalue weighted by molar-refractivity contribution is 9.10. The first-order valence-electron chi connectivity index (χ1n) is 4.01. The summed E-state index contributed by atoms with van der Waals surface area (Å²) in [7, 11) is -4.31. The Morgan fingerprint density at radius 3 is 2.29 bits per heavy atom. The Kier molecular flexibility index (Phi) is 3.92. The van der Waals surface area contributed by atoms with Gasteiger partial charge >= 0.3 is 15.6 Å². The van der Waals surface area contributed by atoms with Crippen molar-refractivity contribution in [1.29, 1.82) is 0 Å². The van der Waals surface area contributed by atoms with E-state index in [1.165, 1.54) is 19.2 Å². The monoisotopic (exact) mass is 334 g/mol. The molecule has 0 bridgehead atoms. The van der Waals surface area contributed by atoms with E-state index < -0.39 is 21.4 Å². The molecule has 1 rings (SSSR count). The van der Waals surface area contributed by atoms with Gasteiger partial charge in [-0.25, -0.2) is 0 Å². The van der Waals surface area contributed by atoms with Gasteiger partial charge in [0, 0.05) is 0 Å².